The summed E-state index contributed by atoms with van der Waals surface area (Å²) in [7, 11) is 0. The third kappa shape index (κ3) is 3.42. The van der Waals surface area contributed by atoms with Crippen molar-refractivity contribution in [2.24, 2.45) is 0 Å². The SMILES string of the molecule is CSc1ccccc1C(=O)c1cccc(CN2CCCC2)c1. The largest absolute Gasteiger partial charge is 0.299 e. The lowest BCUT2D eigenvalue weighted by atomic mass is 10.0. The van der Waals surface area contributed by atoms with Crippen LogP contribution in [-0.4, -0.2) is 30.0 Å². The second-order valence-electron chi connectivity index (χ2n) is 5.71. The summed E-state index contributed by atoms with van der Waals surface area (Å²) in [6.07, 6.45) is 4.59. The molecule has 0 aliphatic carbocycles. The standard InChI is InChI=1S/C19H21NOS/c1-22-18-10-3-2-9-17(18)19(21)16-8-6-7-15(13-16)14-20-11-4-5-12-20/h2-3,6-10,13H,4-5,11-12,14H2,1H3. The molecule has 0 radical (unpaired) electrons. The Morgan fingerprint density at radius 1 is 1.09 bits per heavy atom. The van der Waals surface area contributed by atoms with Gasteiger partial charge in [0.2, 0.25) is 0 Å². The first kappa shape index (κ1) is 15.3. The van der Waals surface area contributed by atoms with Crippen LogP contribution in [0.25, 0.3) is 0 Å². The molecule has 22 heavy (non-hydrogen) atoms. The summed E-state index contributed by atoms with van der Waals surface area (Å²) in [6, 6.07) is 15.9. The van der Waals surface area contributed by atoms with Crippen LogP contribution in [0.5, 0.6) is 0 Å². The normalized spacial score (nSPS) is 15.1. The molecule has 3 heteroatoms. The highest BCUT2D eigenvalue weighted by molar-refractivity contribution is 7.98. The fraction of sp³-hybridized carbons (Fsp3) is 0.316. The van der Waals surface area contributed by atoms with Crippen LogP contribution >= 0.6 is 11.8 Å². The van der Waals surface area contributed by atoms with Gasteiger partial charge in [-0.15, -0.1) is 11.8 Å². The van der Waals surface area contributed by atoms with E-state index in [1.807, 2.05) is 42.7 Å². The predicted molar refractivity (Wildman–Crippen MR) is 92.6 cm³/mol. The van der Waals surface area contributed by atoms with E-state index < -0.39 is 0 Å². The lowest BCUT2D eigenvalue weighted by Crippen LogP contribution is -2.18. The molecule has 1 heterocycles. The minimum absolute atomic E-state index is 0.119. The number of hydrogen-bond donors (Lipinski definition) is 0. The number of nitrogens with zero attached hydrogens (tertiary/aromatic N) is 1. The maximum absolute atomic E-state index is 12.8. The lowest BCUT2D eigenvalue weighted by Gasteiger charge is -2.15. The highest BCUT2D eigenvalue weighted by atomic mass is 32.2. The molecule has 0 N–H and O–H groups in total. The van der Waals surface area contributed by atoms with Crippen LogP contribution in [0.15, 0.2) is 53.4 Å². The highest BCUT2D eigenvalue weighted by Gasteiger charge is 2.15. The molecule has 0 spiro atoms. The van der Waals surface area contributed by atoms with Crippen molar-refractivity contribution in [2.75, 3.05) is 19.3 Å². The van der Waals surface area contributed by atoms with Crippen LogP contribution in [0.1, 0.15) is 34.3 Å². The summed E-state index contributed by atoms with van der Waals surface area (Å²) < 4.78 is 0. The van der Waals surface area contributed by atoms with Gasteiger partial charge in [0, 0.05) is 22.6 Å². The topological polar surface area (TPSA) is 20.3 Å². The van der Waals surface area contributed by atoms with Gasteiger partial charge in [0.15, 0.2) is 5.78 Å². The second-order valence-corrected chi connectivity index (χ2v) is 6.56. The Kier molecular flexibility index (Phi) is 4.96. The zero-order valence-electron chi connectivity index (χ0n) is 12.9. The molecule has 0 aromatic heterocycles. The maximum Gasteiger partial charge on any atom is 0.194 e. The van der Waals surface area contributed by atoms with Crippen LogP contribution in [0.4, 0.5) is 0 Å². The molecule has 1 saturated heterocycles. The molecular formula is C19H21NOS. The Hall–Kier alpha value is -1.58. The summed E-state index contributed by atoms with van der Waals surface area (Å²) in [4.78, 5) is 16.3. The first-order valence-electron chi connectivity index (χ1n) is 7.77. The summed E-state index contributed by atoms with van der Waals surface area (Å²) >= 11 is 1.62. The Balaban J connectivity index is 1.83. The van der Waals surface area contributed by atoms with Gasteiger partial charge in [-0.2, -0.15) is 0 Å². The van der Waals surface area contributed by atoms with E-state index in [0.717, 1.165) is 22.6 Å². The summed E-state index contributed by atoms with van der Waals surface area (Å²) in [6.45, 7) is 3.30. The second kappa shape index (κ2) is 7.12. The van der Waals surface area contributed by atoms with Gasteiger partial charge in [-0.05, 0) is 55.9 Å². The Bertz CT molecular complexity index is 662. The number of carbonyl (C=O) groups is 1. The summed E-state index contributed by atoms with van der Waals surface area (Å²) in [5.41, 5.74) is 2.82. The van der Waals surface area contributed by atoms with Crippen LogP contribution < -0.4 is 0 Å². The third-order valence-corrected chi connectivity index (χ3v) is 4.94. The number of hydrogen-bond acceptors (Lipinski definition) is 3. The van der Waals surface area contributed by atoms with Crippen LogP contribution in [-0.2, 0) is 6.54 Å². The fourth-order valence-electron chi connectivity index (χ4n) is 3.00. The molecule has 0 bridgehead atoms. The van der Waals surface area contributed by atoms with E-state index in [4.69, 9.17) is 0 Å². The average molecular weight is 311 g/mol. The number of ketones is 1. The Labute approximate surface area is 136 Å². The van der Waals surface area contributed by atoms with Crippen LogP contribution in [0.2, 0.25) is 0 Å². The smallest absolute Gasteiger partial charge is 0.194 e. The molecule has 1 aliphatic rings. The van der Waals surface area contributed by atoms with Gasteiger partial charge in [-0.3, -0.25) is 9.69 Å². The van der Waals surface area contributed by atoms with Gasteiger partial charge >= 0.3 is 0 Å². The third-order valence-electron chi connectivity index (χ3n) is 4.15. The molecular weight excluding hydrogens is 290 g/mol. The molecule has 0 unspecified atom stereocenters. The van der Waals surface area contributed by atoms with Crippen molar-refractivity contribution in [3.8, 4) is 0 Å². The van der Waals surface area contributed by atoms with Gasteiger partial charge in [0.25, 0.3) is 0 Å². The van der Waals surface area contributed by atoms with E-state index in [1.54, 1.807) is 11.8 Å². The minimum Gasteiger partial charge on any atom is -0.299 e. The molecule has 2 aromatic rings. The molecule has 114 valence electrons. The van der Waals surface area contributed by atoms with Gasteiger partial charge in [0.1, 0.15) is 0 Å². The zero-order valence-corrected chi connectivity index (χ0v) is 13.7. The predicted octanol–water partition coefficient (Wildman–Crippen LogP) is 4.24. The van der Waals surface area contributed by atoms with Crippen molar-refractivity contribution in [1.82, 2.24) is 4.90 Å². The van der Waals surface area contributed by atoms with Crippen molar-refractivity contribution in [3.63, 3.8) is 0 Å². The van der Waals surface area contributed by atoms with Gasteiger partial charge in [-0.25, -0.2) is 0 Å². The van der Waals surface area contributed by atoms with E-state index in [9.17, 15) is 4.79 Å². The van der Waals surface area contributed by atoms with Gasteiger partial charge in [0.05, 0.1) is 0 Å². The monoisotopic (exact) mass is 311 g/mol. The van der Waals surface area contributed by atoms with E-state index in [-0.39, 0.29) is 5.78 Å². The van der Waals surface area contributed by atoms with Crippen molar-refractivity contribution in [1.29, 1.82) is 0 Å². The van der Waals surface area contributed by atoms with E-state index in [2.05, 4.69) is 17.0 Å². The molecule has 2 nitrogen and oxygen atoms in total. The number of thioether (sulfide) groups is 1. The summed E-state index contributed by atoms with van der Waals surface area (Å²) in [5.74, 6) is 0.119. The molecule has 0 atom stereocenters. The van der Waals surface area contributed by atoms with E-state index >= 15 is 0 Å². The first-order chi connectivity index (χ1) is 10.8. The molecule has 0 amide bonds. The number of rotatable bonds is 5. The Morgan fingerprint density at radius 3 is 2.64 bits per heavy atom. The first-order valence-corrected chi connectivity index (χ1v) is 8.99. The van der Waals surface area contributed by atoms with E-state index in [0.29, 0.717) is 0 Å². The van der Waals surface area contributed by atoms with Gasteiger partial charge in [-0.1, -0.05) is 30.3 Å². The van der Waals surface area contributed by atoms with E-state index in [1.165, 1.54) is 31.5 Å². The van der Waals surface area contributed by atoms with Crippen molar-refractivity contribution >= 4 is 17.5 Å². The highest BCUT2D eigenvalue weighted by Crippen LogP contribution is 2.23. The van der Waals surface area contributed by atoms with Crippen LogP contribution in [0, 0.1) is 0 Å². The van der Waals surface area contributed by atoms with Crippen molar-refractivity contribution in [3.05, 3.63) is 65.2 Å². The van der Waals surface area contributed by atoms with Crippen molar-refractivity contribution in [2.45, 2.75) is 24.3 Å². The fourth-order valence-corrected chi connectivity index (χ4v) is 3.59. The zero-order chi connectivity index (χ0) is 15.4. The lowest BCUT2D eigenvalue weighted by molar-refractivity contribution is 0.103. The quantitative estimate of drug-likeness (QED) is 0.608. The number of benzene rings is 2. The molecule has 3 rings (SSSR count). The maximum atomic E-state index is 12.8. The number of carbonyl (C=O) groups excluding carboxylic acids is 1. The average Bonchev–Trinajstić information content (AvgIpc) is 3.07. The molecule has 0 saturated carbocycles. The minimum atomic E-state index is 0.119. The molecule has 1 aliphatic heterocycles. The summed E-state index contributed by atoms with van der Waals surface area (Å²) in [5, 5.41) is 0. The van der Waals surface area contributed by atoms with Gasteiger partial charge < -0.3 is 0 Å². The Morgan fingerprint density at radius 2 is 1.86 bits per heavy atom. The molecule has 2 aromatic carbocycles. The van der Waals surface area contributed by atoms with Crippen LogP contribution in [0.3, 0.4) is 0 Å². The molecule has 1 fully saturated rings. The number of likely N-dealkylation sites (tertiary alicyclic amines) is 1. The van der Waals surface area contributed by atoms with Crippen molar-refractivity contribution < 1.29 is 4.79 Å².